The molecule has 0 aromatic heterocycles. The molecule has 1 aliphatic rings. The first-order valence-electron chi connectivity index (χ1n) is 6.31. The van der Waals surface area contributed by atoms with Gasteiger partial charge in [-0.3, -0.25) is 4.90 Å². The fraction of sp³-hybridized carbons (Fsp3) is 0.538. The average Bonchev–Trinajstić information content (AvgIpc) is 2.42. The molecule has 2 unspecified atom stereocenters. The average molecular weight is 294 g/mol. The minimum absolute atomic E-state index is 0.0614. The molecular formula is C13H15F5N2. The second-order valence-corrected chi connectivity index (χ2v) is 5.08. The van der Waals surface area contributed by atoms with Crippen molar-refractivity contribution < 1.29 is 22.0 Å². The van der Waals surface area contributed by atoms with Crippen molar-refractivity contribution in [2.45, 2.75) is 32.5 Å². The molecule has 1 N–H and O–H groups in total. The van der Waals surface area contributed by atoms with E-state index in [1.54, 1.807) is 4.90 Å². The van der Waals surface area contributed by atoms with Crippen molar-refractivity contribution in [2.75, 3.05) is 13.1 Å². The van der Waals surface area contributed by atoms with Gasteiger partial charge in [0, 0.05) is 37.3 Å². The van der Waals surface area contributed by atoms with Gasteiger partial charge >= 0.3 is 0 Å². The molecule has 2 nitrogen and oxygen atoms in total. The fourth-order valence-electron chi connectivity index (χ4n) is 2.45. The van der Waals surface area contributed by atoms with Gasteiger partial charge in [-0.2, -0.15) is 0 Å². The first-order valence-corrected chi connectivity index (χ1v) is 6.31. The number of hydrogen-bond acceptors (Lipinski definition) is 2. The molecule has 1 aromatic rings. The molecule has 1 saturated heterocycles. The number of nitrogens with one attached hydrogen (secondary N) is 1. The van der Waals surface area contributed by atoms with E-state index in [9.17, 15) is 22.0 Å². The van der Waals surface area contributed by atoms with E-state index in [-0.39, 0.29) is 18.6 Å². The third-order valence-electron chi connectivity index (χ3n) is 3.65. The minimum Gasteiger partial charge on any atom is -0.314 e. The van der Waals surface area contributed by atoms with Crippen LogP contribution < -0.4 is 5.32 Å². The Bertz CT molecular complexity index is 481. The third-order valence-corrected chi connectivity index (χ3v) is 3.65. The molecule has 1 fully saturated rings. The summed E-state index contributed by atoms with van der Waals surface area (Å²) in [5.41, 5.74) is -0.776. The Balaban J connectivity index is 2.38. The van der Waals surface area contributed by atoms with Crippen LogP contribution in [0.5, 0.6) is 0 Å². The lowest BCUT2D eigenvalue weighted by atomic mass is 10.1. The summed E-state index contributed by atoms with van der Waals surface area (Å²) in [5, 5.41) is 3.12. The van der Waals surface area contributed by atoms with Gasteiger partial charge in [0.1, 0.15) is 0 Å². The highest BCUT2D eigenvalue weighted by molar-refractivity contribution is 5.24. The fourth-order valence-corrected chi connectivity index (χ4v) is 2.45. The van der Waals surface area contributed by atoms with E-state index in [0.29, 0.717) is 13.1 Å². The van der Waals surface area contributed by atoms with E-state index < -0.39 is 34.6 Å². The van der Waals surface area contributed by atoms with E-state index in [0.717, 1.165) is 0 Å². The summed E-state index contributed by atoms with van der Waals surface area (Å²) in [7, 11) is 0. The van der Waals surface area contributed by atoms with Gasteiger partial charge < -0.3 is 5.32 Å². The zero-order chi connectivity index (χ0) is 15.0. The van der Waals surface area contributed by atoms with Crippen molar-refractivity contribution in [3.63, 3.8) is 0 Å². The number of piperazine rings is 1. The molecule has 0 amide bonds. The van der Waals surface area contributed by atoms with Crippen molar-refractivity contribution in [1.29, 1.82) is 0 Å². The number of halogens is 5. The Labute approximate surface area is 113 Å². The lowest BCUT2D eigenvalue weighted by molar-refractivity contribution is 0.105. The molecule has 1 aromatic carbocycles. The smallest absolute Gasteiger partial charge is 0.200 e. The van der Waals surface area contributed by atoms with Gasteiger partial charge in [-0.15, -0.1) is 0 Å². The van der Waals surface area contributed by atoms with Crippen LogP contribution in [0.1, 0.15) is 19.4 Å². The molecule has 20 heavy (non-hydrogen) atoms. The van der Waals surface area contributed by atoms with Crippen LogP contribution >= 0.6 is 0 Å². The summed E-state index contributed by atoms with van der Waals surface area (Å²) in [6.45, 7) is 4.54. The zero-order valence-corrected chi connectivity index (χ0v) is 11.1. The Morgan fingerprint density at radius 3 is 1.70 bits per heavy atom. The summed E-state index contributed by atoms with van der Waals surface area (Å²) in [4.78, 5) is 1.72. The van der Waals surface area contributed by atoms with Crippen molar-refractivity contribution in [3.8, 4) is 0 Å². The Hall–Kier alpha value is -1.21. The molecule has 1 aliphatic heterocycles. The maximum atomic E-state index is 13.6. The van der Waals surface area contributed by atoms with Gasteiger partial charge in [0.25, 0.3) is 0 Å². The van der Waals surface area contributed by atoms with Gasteiger partial charge in [0.15, 0.2) is 23.3 Å². The first-order chi connectivity index (χ1) is 9.34. The molecule has 2 rings (SSSR count). The maximum absolute atomic E-state index is 13.6. The highest BCUT2D eigenvalue weighted by atomic mass is 19.2. The molecule has 2 atom stereocenters. The number of rotatable bonds is 2. The molecule has 0 bridgehead atoms. The van der Waals surface area contributed by atoms with E-state index in [1.807, 2.05) is 13.8 Å². The summed E-state index contributed by atoms with van der Waals surface area (Å²) in [6, 6.07) is -0.123. The third kappa shape index (κ3) is 2.52. The second-order valence-electron chi connectivity index (χ2n) is 5.08. The lowest BCUT2D eigenvalue weighted by Gasteiger charge is -2.39. The van der Waals surface area contributed by atoms with E-state index in [1.165, 1.54) is 0 Å². The van der Waals surface area contributed by atoms with Crippen molar-refractivity contribution in [3.05, 3.63) is 34.6 Å². The van der Waals surface area contributed by atoms with E-state index in [4.69, 9.17) is 0 Å². The molecule has 0 radical (unpaired) electrons. The minimum atomic E-state index is -2.12. The maximum Gasteiger partial charge on any atom is 0.200 e. The number of benzene rings is 1. The van der Waals surface area contributed by atoms with Crippen LogP contribution in [0.3, 0.4) is 0 Å². The van der Waals surface area contributed by atoms with Crippen LogP contribution in [0.4, 0.5) is 22.0 Å². The monoisotopic (exact) mass is 294 g/mol. The quantitative estimate of drug-likeness (QED) is 0.512. The highest BCUT2D eigenvalue weighted by Gasteiger charge is 2.30. The van der Waals surface area contributed by atoms with Crippen LogP contribution in [-0.4, -0.2) is 30.1 Å². The van der Waals surface area contributed by atoms with Gasteiger partial charge in [0.05, 0.1) is 0 Å². The van der Waals surface area contributed by atoms with Gasteiger partial charge in [-0.05, 0) is 13.8 Å². The predicted molar refractivity (Wildman–Crippen MR) is 63.6 cm³/mol. The largest absolute Gasteiger partial charge is 0.314 e. The van der Waals surface area contributed by atoms with Crippen LogP contribution in [-0.2, 0) is 6.54 Å². The second kappa shape index (κ2) is 5.65. The molecule has 7 heteroatoms. The Kier molecular flexibility index (Phi) is 4.29. The van der Waals surface area contributed by atoms with Gasteiger partial charge in [0.2, 0.25) is 5.82 Å². The molecule has 0 spiro atoms. The lowest BCUT2D eigenvalue weighted by Crippen LogP contribution is -2.54. The van der Waals surface area contributed by atoms with Crippen LogP contribution in [0.15, 0.2) is 0 Å². The molecule has 1 heterocycles. The molecule has 0 saturated carbocycles. The van der Waals surface area contributed by atoms with Crippen LogP contribution in [0.2, 0.25) is 0 Å². The zero-order valence-electron chi connectivity index (χ0n) is 11.1. The summed E-state index contributed by atoms with van der Waals surface area (Å²) >= 11 is 0. The Morgan fingerprint density at radius 1 is 0.850 bits per heavy atom. The summed E-state index contributed by atoms with van der Waals surface area (Å²) in [5.74, 6) is -9.41. The predicted octanol–water partition coefficient (Wildman–Crippen LogP) is 2.56. The topological polar surface area (TPSA) is 15.3 Å². The standard InChI is InChI=1S/C13H15F5N2/c1-6-3-19-4-7(2)20(6)5-8-9(14)11(16)13(18)12(17)10(8)15/h6-7,19H,3-5H2,1-2H3. The van der Waals surface area contributed by atoms with Crippen molar-refractivity contribution in [1.82, 2.24) is 10.2 Å². The van der Waals surface area contributed by atoms with Crippen LogP contribution in [0.25, 0.3) is 0 Å². The van der Waals surface area contributed by atoms with Gasteiger partial charge in [-0.25, -0.2) is 22.0 Å². The summed E-state index contributed by atoms with van der Waals surface area (Å²) < 4.78 is 66.6. The van der Waals surface area contributed by atoms with E-state index >= 15 is 0 Å². The molecule has 0 aliphatic carbocycles. The Morgan fingerprint density at radius 2 is 1.25 bits per heavy atom. The normalized spacial score (nSPS) is 24.1. The molecule has 112 valence electrons. The van der Waals surface area contributed by atoms with Gasteiger partial charge in [-0.1, -0.05) is 0 Å². The number of nitrogens with zero attached hydrogens (tertiary/aromatic N) is 1. The van der Waals surface area contributed by atoms with Crippen molar-refractivity contribution >= 4 is 0 Å². The van der Waals surface area contributed by atoms with Crippen LogP contribution in [0, 0.1) is 29.1 Å². The SMILES string of the molecule is CC1CNCC(C)N1Cc1c(F)c(F)c(F)c(F)c1F. The summed E-state index contributed by atoms with van der Waals surface area (Å²) in [6.07, 6.45) is 0. The molecular weight excluding hydrogens is 279 g/mol. The highest BCUT2D eigenvalue weighted by Crippen LogP contribution is 2.25. The first kappa shape index (κ1) is 15.2. The van der Waals surface area contributed by atoms with E-state index in [2.05, 4.69) is 5.32 Å². The number of hydrogen-bond donors (Lipinski definition) is 1. The van der Waals surface area contributed by atoms with Crippen molar-refractivity contribution in [2.24, 2.45) is 0 Å².